The number of sulfonamides is 1. The molecule has 0 saturated carbocycles. The molecule has 19 heavy (non-hydrogen) atoms. The van der Waals surface area contributed by atoms with E-state index >= 15 is 0 Å². The van der Waals surface area contributed by atoms with Crippen molar-refractivity contribution in [1.29, 1.82) is 0 Å². The van der Waals surface area contributed by atoms with Crippen molar-refractivity contribution in [3.05, 3.63) is 29.6 Å². The number of carbonyl (C=O) groups excluding carboxylic acids is 1. The van der Waals surface area contributed by atoms with E-state index in [1.807, 2.05) is 0 Å². The molecular weight excluding hydrogens is 285 g/mol. The molecule has 0 saturated heterocycles. The zero-order chi connectivity index (χ0) is 14.8. The van der Waals surface area contributed by atoms with E-state index in [4.69, 9.17) is 0 Å². The molecule has 0 radical (unpaired) electrons. The Morgan fingerprint density at radius 2 is 1.84 bits per heavy atom. The van der Waals surface area contributed by atoms with E-state index in [0.717, 1.165) is 7.05 Å². The lowest BCUT2D eigenvalue weighted by atomic mass is 10.3. The summed E-state index contributed by atoms with van der Waals surface area (Å²) in [5.74, 6) is -5.82. The normalized spacial score (nSPS) is 11.7. The third kappa shape index (κ3) is 3.04. The van der Waals surface area contributed by atoms with Gasteiger partial charge in [-0.25, -0.2) is 21.6 Å². The molecule has 9 heteroatoms. The van der Waals surface area contributed by atoms with Gasteiger partial charge in [0, 0.05) is 14.1 Å². The summed E-state index contributed by atoms with van der Waals surface area (Å²) in [6.45, 7) is -0.572. The van der Waals surface area contributed by atoms with Crippen LogP contribution in [-0.2, 0) is 14.8 Å². The third-order valence-corrected chi connectivity index (χ3v) is 4.15. The van der Waals surface area contributed by atoms with Gasteiger partial charge in [0.15, 0.2) is 17.5 Å². The summed E-state index contributed by atoms with van der Waals surface area (Å²) < 4.78 is 63.4. The average Bonchev–Trinajstić information content (AvgIpc) is 2.35. The summed E-state index contributed by atoms with van der Waals surface area (Å²) in [6.07, 6.45) is 0. The Morgan fingerprint density at radius 1 is 1.26 bits per heavy atom. The zero-order valence-electron chi connectivity index (χ0n) is 10.1. The van der Waals surface area contributed by atoms with Crippen LogP contribution in [0.3, 0.4) is 0 Å². The van der Waals surface area contributed by atoms with Crippen molar-refractivity contribution in [2.45, 2.75) is 4.90 Å². The predicted octanol–water partition coefficient (Wildman–Crippen LogP) is 0.470. The smallest absolute Gasteiger partial charge is 0.246 e. The van der Waals surface area contributed by atoms with Crippen LogP contribution in [0, 0.1) is 17.5 Å². The van der Waals surface area contributed by atoms with Crippen LogP contribution in [0.4, 0.5) is 13.2 Å². The molecule has 0 spiro atoms. The highest BCUT2D eigenvalue weighted by atomic mass is 32.2. The Bertz CT molecular complexity index is 604. The third-order valence-electron chi connectivity index (χ3n) is 2.33. The number of nitrogens with one attached hydrogen (secondary N) is 1. The first kappa shape index (κ1) is 15.4. The van der Waals surface area contributed by atoms with Crippen molar-refractivity contribution in [1.82, 2.24) is 9.62 Å². The van der Waals surface area contributed by atoms with E-state index in [1.165, 1.54) is 7.05 Å². The van der Waals surface area contributed by atoms with Gasteiger partial charge in [0.1, 0.15) is 4.90 Å². The Morgan fingerprint density at radius 3 is 2.37 bits per heavy atom. The SMILES string of the molecule is CNC(=O)CN(C)S(=O)(=O)c1ccc(F)c(F)c1F. The fourth-order valence-corrected chi connectivity index (χ4v) is 2.42. The molecule has 1 N–H and O–H groups in total. The second-order valence-electron chi connectivity index (χ2n) is 3.61. The molecule has 0 aliphatic carbocycles. The minimum atomic E-state index is -4.42. The van der Waals surface area contributed by atoms with Gasteiger partial charge < -0.3 is 5.32 Å². The van der Waals surface area contributed by atoms with Gasteiger partial charge in [0.2, 0.25) is 15.9 Å². The molecule has 1 aromatic carbocycles. The largest absolute Gasteiger partial charge is 0.358 e. The molecule has 0 atom stereocenters. The molecule has 0 aromatic heterocycles. The molecule has 5 nitrogen and oxygen atoms in total. The summed E-state index contributed by atoms with van der Waals surface area (Å²) in [4.78, 5) is 10.0. The molecule has 1 aromatic rings. The minimum absolute atomic E-state index is 0.499. The van der Waals surface area contributed by atoms with Gasteiger partial charge >= 0.3 is 0 Å². The van der Waals surface area contributed by atoms with Gasteiger partial charge in [0.05, 0.1) is 6.54 Å². The number of hydrogen-bond acceptors (Lipinski definition) is 3. The van der Waals surface area contributed by atoms with Crippen molar-refractivity contribution in [3.63, 3.8) is 0 Å². The van der Waals surface area contributed by atoms with Crippen LogP contribution in [0.5, 0.6) is 0 Å². The summed E-state index contributed by atoms with van der Waals surface area (Å²) >= 11 is 0. The van der Waals surface area contributed by atoms with Crippen molar-refractivity contribution < 1.29 is 26.4 Å². The molecule has 0 heterocycles. The fourth-order valence-electron chi connectivity index (χ4n) is 1.24. The van der Waals surface area contributed by atoms with E-state index in [1.54, 1.807) is 0 Å². The molecule has 1 rings (SSSR count). The summed E-state index contributed by atoms with van der Waals surface area (Å²) in [5, 5.41) is 2.18. The van der Waals surface area contributed by atoms with Crippen LogP contribution in [-0.4, -0.2) is 39.3 Å². The molecule has 0 aliphatic rings. The van der Waals surface area contributed by atoms with E-state index in [9.17, 15) is 26.4 Å². The molecule has 106 valence electrons. The predicted molar refractivity (Wildman–Crippen MR) is 60.2 cm³/mol. The van der Waals surface area contributed by atoms with Gasteiger partial charge in [-0.15, -0.1) is 0 Å². The Balaban J connectivity index is 3.21. The van der Waals surface area contributed by atoms with Crippen LogP contribution in [0.25, 0.3) is 0 Å². The Kier molecular flexibility index (Phi) is 4.53. The second kappa shape index (κ2) is 5.57. The maximum absolute atomic E-state index is 13.4. The van der Waals surface area contributed by atoms with Crippen molar-refractivity contribution in [2.24, 2.45) is 0 Å². The maximum atomic E-state index is 13.4. The Labute approximate surface area is 108 Å². The lowest BCUT2D eigenvalue weighted by molar-refractivity contribution is -0.120. The highest BCUT2D eigenvalue weighted by Gasteiger charge is 2.28. The number of halogens is 3. The Hall–Kier alpha value is -1.61. The maximum Gasteiger partial charge on any atom is 0.246 e. The first-order chi connectivity index (χ1) is 8.71. The van der Waals surface area contributed by atoms with Crippen molar-refractivity contribution >= 4 is 15.9 Å². The topological polar surface area (TPSA) is 66.5 Å². The molecule has 0 bridgehead atoms. The fraction of sp³-hybridized carbons (Fsp3) is 0.300. The number of nitrogens with zero attached hydrogens (tertiary/aromatic N) is 1. The second-order valence-corrected chi connectivity index (χ2v) is 5.62. The molecule has 0 unspecified atom stereocenters. The van der Waals surface area contributed by atoms with Gasteiger partial charge in [-0.1, -0.05) is 0 Å². The van der Waals surface area contributed by atoms with Crippen LogP contribution in [0.2, 0.25) is 0 Å². The first-order valence-electron chi connectivity index (χ1n) is 5.02. The number of rotatable bonds is 4. The van der Waals surface area contributed by atoms with Gasteiger partial charge in [-0.2, -0.15) is 4.31 Å². The monoisotopic (exact) mass is 296 g/mol. The minimum Gasteiger partial charge on any atom is -0.358 e. The molecule has 0 aliphatic heterocycles. The highest BCUT2D eigenvalue weighted by Crippen LogP contribution is 2.22. The van der Waals surface area contributed by atoms with E-state index in [-0.39, 0.29) is 0 Å². The zero-order valence-corrected chi connectivity index (χ0v) is 10.9. The molecule has 1 amide bonds. The van der Waals surface area contributed by atoms with Crippen molar-refractivity contribution in [3.8, 4) is 0 Å². The van der Waals surface area contributed by atoms with E-state index in [0.29, 0.717) is 16.4 Å². The average molecular weight is 296 g/mol. The van der Waals surface area contributed by atoms with Crippen molar-refractivity contribution in [2.75, 3.05) is 20.6 Å². The number of likely N-dealkylation sites (N-methyl/N-ethyl adjacent to an activating group) is 2. The first-order valence-corrected chi connectivity index (χ1v) is 6.46. The standard InChI is InChI=1S/C10H11F3N2O3S/c1-14-8(16)5-15(2)19(17,18)7-4-3-6(11)9(12)10(7)13/h3-4H,5H2,1-2H3,(H,14,16). The quantitative estimate of drug-likeness (QED) is 0.821. The summed E-state index contributed by atoms with van der Waals surface area (Å²) in [5.41, 5.74) is 0. The number of benzene rings is 1. The molecule has 0 fully saturated rings. The number of amides is 1. The van der Waals surface area contributed by atoms with Crippen LogP contribution < -0.4 is 5.32 Å². The van der Waals surface area contributed by atoms with E-state index < -0.39 is 44.8 Å². The van der Waals surface area contributed by atoms with Gasteiger partial charge in [-0.05, 0) is 12.1 Å². The van der Waals surface area contributed by atoms with Crippen LogP contribution >= 0.6 is 0 Å². The lowest BCUT2D eigenvalue weighted by Gasteiger charge is -2.16. The highest BCUT2D eigenvalue weighted by molar-refractivity contribution is 7.89. The number of carbonyl (C=O) groups is 1. The van der Waals surface area contributed by atoms with Gasteiger partial charge in [-0.3, -0.25) is 4.79 Å². The van der Waals surface area contributed by atoms with E-state index in [2.05, 4.69) is 5.32 Å². The van der Waals surface area contributed by atoms with Crippen LogP contribution in [0.15, 0.2) is 17.0 Å². The van der Waals surface area contributed by atoms with Crippen LogP contribution in [0.1, 0.15) is 0 Å². The summed E-state index contributed by atoms with van der Waals surface area (Å²) in [6, 6.07) is 1.10. The number of hydrogen-bond donors (Lipinski definition) is 1. The lowest BCUT2D eigenvalue weighted by Crippen LogP contribution is -2.37. The van der Waals surface area contributed by atoms with Gasteiger partial charge in [0.25, 0.3) is 0 Å². The summed E-state index contributed by atoms with van der Waals surface area (Å²) in [7, 11) is -2.11. The molecular formula is C10H11F3N2O3S.